The van der Waals surface area contributed by atoms with Gasteiger partial charge in [-0.2, -0.15) is 0 Å². The molecule has 0 spiro atoms. The number of hydrogen-bond acceptors (Lipinski definition) is 7. The minimum Gasteiger partial charge on any atom is -0.496 e. The second kappa shape index (κ2) is 12.9. The smallest absolute Gasteiger partial charge is 0.260 e. The van der Waals surface area contributed by atoms with Crippen molar-refractivity contribution in [2.75, 3.05) is 40.4 Å². The van der Waals surface area contributed by atoms with Crippen LogP contribution in [-0.2, 0) is 17.8 Å². The van der Waals surface area contributed by atoms with Crippen molar-refractivity contribution in [1.82, 2.24) is 19.8 Å². The van der Waals surface area contributed by atoms with Crippen molar-refractivity contribution in [2.45, 2.75) is 70.7 Å². The van der Waals surface area contributed by atoms with Gasteiger partial charge in [-0.3, -0.25) is 14.7 Å². The Hall–Kier alpha value is -2.94. The lowest BCUT2D eigenvalue weighted by atomic mass is 9.98. The molecule has 0 aliphatic carbocycles. The highest BCUT2D eigenvalue weighted by molar-refractivity contribution is 5.97. The Labute approximate surface area is 231 Å². The Balaban J connectivity index is 1.39. The molecule has 2 saturated heterocycles. The van der Waals surface area contributed by atoms with Gasteiger partial charge in [-0.05, 0) is 68.8 Å². The van der Waals surface area contributed by atoms with Gasteiger partial charge in [0, 0.05) is 61.5 Å². The number of fused-ring (bicyclic) bond motifs is 1. The molecule has 2 aliphatic heterocycles. The van der Waals surface area contributed by atoms with Crippen molar-refractivity contribution in [1.29, 1.82) is 0 Å². The molecule has 8 heteroatoms. The number of aryl methyl sites for hydroxylation is 1. The summed E-state index contributed by atoms with van der Waals surface area (Å²) < 4.78 is 20.1. The number of ether oxygens (including phenoxy) is 3. The van der Waals surface area contributed by atoms with Crippen molar-refractivity contribution >= 4 is 10.8 Å². The van der Waals surface area contributed by atoms with Gasteiger partial charge in [0.05, 0.1) is 31.8 Å². The molecule has 4 heterocycles. The van der Waals surface area contributed by atoms with Crippen molar-refractivity contribution in [3.63, 3.8) is 0 Å². The number of pyridine rings is 2. The van der Waals surface area contributed by atoms with Crippen LogP contribution in [0.25, 0.3) is 21.9 Å². The number of aromatic nitrogens is 2. The summed E-state index contributed by atoms with van der Waals surface area (Å²) in [6.07, 6.45) is 12.4. The summed E-state index contributed by atoms with van der Waals surface area (Å²) in [5.74, 6) is 1.60. The average Bonchev–Trinajstić information content (AvgIpc) is 2.98. The van der Waals surface area contributed by atoms with Crippen LogP contribution < -0.4 is 20.3 Å². The Morgan fingerprint density at radius 1 is 0.974 bits per heavy atom. The normalized spacial score (nSPS) is 17.5. The average molecular weight is 535 g/mol. The number of piperidine rings is 2. The summed E-state index contributed by atoms with van der Waals surface area (Å²) in [5.41, 5.74) is 2.95. The Morgan fingerprint density at radius 2 is 1.72 bits per heavy atom. The predicted octanol–water partition coefficient (Wildman–Crippen LogP) is 4.61. The second-order valence-electron chi connectivity index (χ2n) is 10.7. The van der Waals surface area contributed by atoms with E-state index in [1.165, 1.54) is 0 Å². The lowest BCUT2D eigenvalue weighted by molar-refractivity contribution is -0.0539. The zero-order valence-corrected chi connectivity index (χ0v) is 23.6. The maximum Gasteiger partial charge on any atom is 0.260 e. The van der Waals surface area contributed by atoms with Crippen LogP contribution in [0.4, 0.5) is 0 Å². The monoisotopic (exact) mass is 534 g/mol. The highest BCUT2D eigenvalue weighted by atomic mass is 16.5. The summed E-state index contributed by atoms with van der Waals surface area (Å²) in [6, 6.07) is 6.07. The molecule has 210 valence electrons. The van der Waals surface area contributed by atoms with Gasteiger partial charge in [-0.1, -0.05) is 13.3 Å². The molecule has 2 fully saturated rings. The molecule has 5 rings (SSSR count). The molecule has 39 heavy (non-hydrogen) atoms. The summed E-state index contributed by atoms with van der Waals surface area (Å²) >= 11 is 0. The molecular weight excluding hydrogens is 492 g/mol. The maximum absolute atomic E-state index is 13.2. The van der Waals surface area contributed by atoms with Crippen LogP contribution >= 0.6 is 0 Å². The standard InChI is InChI=1S/C31H42N4O4/c1-4-5-14-35-21-28(25-8-13-33-19-27(25)31(35)36)26-18-29(37-2)22(17-30(26)38-3)20-34-15-9-24(10-16-34)39-23-6-11-32-12-7-23/h8,13,17-19,21,23-24,32H,4-7,9-12,14-16,20H2,1-3H3. The van der Waals surface area contributed by atoms with Gasteiger partial charge < -0.3 is 24.1 Å². The first-order chi connectivity index (χ1) is 19.1. The molecule has 0 atom stereocenters. The topological polar surface area (TPSA) is 77.8 Å². The van der Waals surface area contributed by atoms with Gasteiger partial charge in [0.2, 0.25) is 0 Å². The van der Waals surface area contributed by atoms with E-state index in [2.05, 4.69) is 34.3 Å². The Kier molecular flexibility index (Phi) is 9.17. The van der Waals surface area contributed by atoms with Crippen LogP contribution in [0.15, 0.2) is 41.6 Å². The molecule has 0 amide bonds. The highest BCUT2D eigenvalue weighted by Crippen LogP contribution is 2.39. The molecular formula is C31H42N4O4. The van der Waals surface area contributed by atoms with Crippen LogP contribution in [0.5, 0.6) is 11.5 Å². The molecule has 0 radical (unpaired) electrons. The van der Waals surface area contributed by atoms with E-state index in [1.54, 1.807) is 31.2 Å². The Morgan fingerprint density at radius 3 is 2.44 bits per heavy atom. The maximum atomic E-state index is 13.2. The number of nitrogens with zero attached hydrogens (tertiary/aromatic N) is 3. The molecule has 3 aromatic rings. The first-order valence-corrected chi connectivity index (χ1v) is 14.4. The van der Waals surface area contributed by atoms with Gasteiger partial charge >= 0.3 is 0 Å². The summed E-state index contributed by atoms with van der Waals surface area (Å²) in [5, 5.41) is 4.90. The van der Waals surface area contributed by atoms with Gasteiger partial charge in [0.25, 0.3) is 5.56 Å². The van der Waals surface area contributed by atoms with Gasteiger partial charge in [-0.15, -0.1) is 0 Å². The summed E-state index contributed by atoms with van der Waals surface area (Å²) in [7, 11) is 3.42. The summed E-state index contributed by atoms with van der Waals surface area (Å²) in [6.45, 7) is 7.72. The molecule has 2 aromatic heterocycles. The molecule has 1 aromatic carbocycles. The van der Waals surface area contributed by atoms with E-state index in [1.807, 2.05) is 12.3 Å². The zero-order chi connectivity index (χ0) is 27.2. The van der Waals surface area contributed by atoms with E-state index >= 15 is 0 Å². The van der Waals surface area contributed by atoms with Crippen LogP contribution in [0.2, 0.25) is 0 Å². The van der Waals surface area contributed by atoms with E-state index in [4.69, 9.17) is 14.2 Å². The highest BCUT2D eigenvalue weighted by Gasteiger charge is 2.25. The predicted molar refractivity (Wildman–Crippen MR) is 155 cm³/mol. The van der Waals surface area contributed by atoms with E-state index in [9.17, 15) is 4.79 Å². The molecule has 0 saturated carbocycles. The number of unbranched alkanes of at least 4 members (excludes halogenated alkanes) is 1. The second-order valence-corrected chi connectivity index (χ2v) is 10.7. The number of nitrogens with one attached hydrogen (secondary N) is 1. The number of benzene rings is 1. The Bertz CT molecular complexity index is 1310. The van der Waals surface area contributed by atoms with E-state index in [0.29, 0.717) is 24.1 Å². The van der Waals surface area contributed by atoms with Crippen LogP contribution in [0.1, 0.15) is 51.0 Å². The minimum absolute atomic E-state index is 0.00890. The van der Waals surface area contributed by atoms with Crippen LogP contribution in [-0.4, -0.2) is 67.1 Å². The molecule has 8 nitrogen and oxygen atoms in total. The molecule has 0 unspecified atom stereocenters. The summed E-state index contributed by atoms with van der Waals surface area (Å²) in [4.78, 5) is 19.9. The lowest BCUT2D eigenvalue weighted by Gasteiger charge is -2.35. The zero-order valence-electron chi connectivity index (χ0n) is 23.6. The molecule has 2 aliphatic rings. The third kappa shape index (κ3) is 6.29. The van der Waals surface area contributed by atoms with Gasteiger partial charge in [-0.25, -0.2) is 0 Å². The fourth-order valence-corrected chi connectivity index (χ4v) is 5.89. The number of hydrogen-bond donors (Lipinski definition) is 1. The lowest BCUT2D eigenvalue weighted by Crippen LogP contribution is -2.40. The van der Waals surface area contributed by atoms with Crippen LogP contribution in [0, 0.1) is 0 Å². The quantitative estimate of drug-likeness (QED) is 0.407. The SMILES string of the molecule is CCCCn1cc(-c2cc(OC)c(CN3CCC(OC4CCNCC4)CC3)cc2OC)c2ccncc2c1=O. The third-order valence-electron chi connectivity index (χ3n) is 8.13. The number of rotatable bonds is 10. The fraction of sp³-hybridized carbons (Fsp3) is 0.548. The fourth-order valence-electron chi connectivity index (χ4n) is 5.89. The minimum atomic E-state index is -0.00890. The third-order valence-corrected chi connectivity index (χ3v) is 8.13. The van der Waals surface area contributed by atoms with Crippen molar-refractivity contribution in [2.24, 2.45) is 0 Å². The van der Waals surface area contributed by atoms with Gasteiger partial charge in [0.15, 0.2) is 0 Å². The van der Waals surface area contributed by atoms with E-state index in [-0.39, 0.29) is 5.56 Å². The van der Waals surface area contributed by atoms with Crippen molar-refractivity contribution in [3.05, 3.63) is 52.7 Å². The molecule has 1 N–H and O–H groups in total. The van der Waals surface area contributed by atoms with Crippen LogP contribution in [0.3, 0.4) is 0 Å². The first kappa shape index (κ1) is 27.6. The van der Waals surface area contributed by atoms with Gasteiger partial charge in [0.1, 0.15) is 11.5 Å². The number of likely N-dealkylation sites (tertiary alicyclic amines) is 1. The van der Waals surface area contributed by atoms with E-state index in [0.717, 1.165) is 105 Å². The molecule has 0 bridgehead atoms. The largest absolute Gasteiger partial charge is 0.496 e. The van der Waals surface area contributed by atoms with E-state index < -0.39 is 0 Å². The van der Waals surface area contributed by atoms with Crippen molar-refractivity contribution in [3.8, 4) is 22.6 Å². The van der Waals surface area contributed by atoms with Crippen molar-refractivity contribution < 1.29 is 14.2 Å². The first-order valence-electron chi connectivity index (χ1n) is 14.4. The number of methoxy groups -OCH3 is 2.